The number of aromatic carboxylic acids is 1. The van der Waals surface area contributed by atoms with Gasteiger partial charge in [0.25, 0.3) is 0 Å². The minimum atomic E-state index is -3.69. The second kappa shape index (κ2) is 5.96. The molecular formula is C10H12BrNO4S2. The molecular weight excluding hydrogens is 342 g/mol. The van der Waals surface area contributed by atoms with Crippen molar-refractivity contribution in [3.8, 4) is 0 Å². The third-order valence-corrected chi connectivity index (χ3v) is 5.60. The monoisotopic (exact) mass is 353 g/mol. The summed E-state index contributed by atoms with van der Waals surface area (Å²) < 4.78 is 26.5. The second-order valence-corrected chi connectivity index (χ2v) is 7.79. The first-order chi connectivity index (χ1) is 8.24. The minimum Gasteiger partial charge on any atom is -0.477 e. The predicted molar refractivity (Wildman–Crippen MR) is 73.6 cm³/mol. The van der Waals surface area contributed by atoms with Crippen LogP contribution in [0.1, 0.15) is 23.5 Å². The normalized spacial score (nSPS) is 11.3. The molecule has 0 unspecified atom stereocenters. The predicted octanol–water partition coefficient (Wildman–Crippen LogP) is 2.45. The van der Waals surface area contributed by atoms with Crippen LogP contribution in [0.15, 0.2) is 26.4 Å². The molecule has 1 rings (SSSR count). The Labute approximate surface area is 118 Å². The van der Waals surface area contributed by atoms with Gasteiger partial charge in [0.05, 0.1) is 3.79 Å². The maximum Gasteiger partial charge on any atom is 0.345 e. The molecule has 2 N–H and O–H groups in total. The topological polar surface area (TPSA) is 83.5 Å². The zero-order chi connectivity index (χ0) is 13.9. The molecule has 0 saturated carbocycles. The van der Waals surface area contributed by atoms with E-state index in [0.29, 0.717) is 0 Å². The third-order valence-electron chi connectivity index (χ3n) is 1.94. The van der Waals surface area contributed by atoms with Crippen LogP contribution in [0.4, 0.5) is 0 Å². The summed E-state index contributed by atoms with van der Waals surface area (Å²) in [5.41, 5.74) is 0.994. The van der Waals surface area contributed by atoms with Gasteiger partial charge in [0, 0.05) is 6.54 Å². The van der Waals surface area contributed by atoms with Crippen LogP contribution in [0.5, 0.6) is 0 Å². The molecule has 1 aromatic rings. The van der Waals surface area contributed by atoms with Gasteiger partial charge in [0.1, 0.15) is 9.77 Å². The molecule has 5 nitrogen and oxygen atoms in total. The fourth-order valence-electron chi connectivity index (χ4n) is 1.07. The summed E-state index contributed by atoms with van der Waals surface area (Å²) in [6, 6.07) is 1.14. The first-order valence-corrected chi connectivity index (χ1v) is 7.99. The van der Waals surface area contributed by atoms with Gasteiger partial charge in [-0.05, 0) is 35.8 Å². The lowest BCUT2D eigenvalue weighted by molar-refractivity contribution is 0.0702. The summed E-state index contributed by atoms with van der Waals surface area (Å²) in [6.45, 7) is 3.89. The molecule has 18 heavy (non-hydrogen) atoms. The fourth-order valence-corrected chi connectivity index (χ4v) is 4.44. The van der Waals surface area contributed by atoms with Crippen molar-refractivity contribution in [1.29, 1.82) is 0 Å². The van der Waals surface area contributed by atoms with Crippen LogP contribution in [0, 0.1) is 0 Å². The van der Waals surface area contributed by atoms with Gasteiger partial charge in [-0.15, -0.1) is 11.3 Å². The number of hydrogen-bond acceptors (Lipinski definition) is 4. The maximum atomic E-state index is 11.9. The molecule has 8 heteroatoms. The molecule has 0 saturated heterocycles. The smallest absolute Gasteiger partial charge is 0.345 e. The number of carboxylic acid groups (broad SMARTS) is 1. The average Bonchev–Trinajstić information content (AvgIpc) is 2.60. The van der Waals surface area contributed by atoms with Crippen LogP contribution < -0.4 is 4.72 Å². The lowest BCUT2D eigenvalue weighted by Gasteiger charge is -2.03. The van der Waals surface area contributed by atoms with Gasteiger partial charge < -0.3 is 5.11 Å². The molecule has 0 radical (unpaired) electrons. The fraction of sp³-hybridized carbons (Fsp3) is 0.300. The highest BCUT2D eigenvalue weighted by atomic mass is 79.9. The Kier molecular flexibility index (Phi) is 5.09. The van der Waals surface area contributed by atoms with Crippen molar-refractivity contribution in [1.82, 2.24) is 4.72 Å². The Balaban J connectivity index is 2.98. The van der Waals surface area contributed by atoms with Crippen LogP contribution in [0.25, 0.3) is 0 Å². The molecule has 0 fully saturated rings. The van der Waals surface area contributed by atoms with E-state index >= 15 is 0 Å². The number of carboxylic acids is 1. The Morgan fingerprint density at radius 2 is 2.17 bits per heavy atom. The molecule has 0 aromatic carbocycles. The van der Waals surface area contributed by atoms with E-state index in [1.807, 2.05) is 13.8 Å². The van der Waals surface area contributed by atoms with E-state index in [2.05, 4.69) is 20.7 Å². The quantitative estimate of drug-likeness (QED) is 0.796. The number of rotatable bonds is 5. The largest absolute Gasteiger partial charge is 0.477 e. The van der Waals surface area contributed by atoms with Crippen molar-refractivity contribution in [2.45, 2.75) is 18.7 Å². The molecule has 0 aliphatic heterocycles. The Morgan fingerprint density at radius 3 is 2.61 bits per heavy atom. The van der Waals surface area contributed by atoms with Gasteiger partial charge in [-0.25, -0.2) is 17.9 Å². The van der Waals surface area contributed by atoms with Crippen molar-refractivity contribution >= 4 is 43.3 Å². The molecule has 1 aromatic heterocycles. The summed E-state index contributed by atoms with van der Waals surface area (Å²) in [7, 11) is -3.69. The molecule has 1 heterocycles. The number of nitrogens with one attached hydrogen (secondary N) is 1. The van der Waals surface area contributed by atoms with Gasteiger partial charge in [0.15, 0.2) is 0 Å². The SMILES string of the molecule is CC(C)=CCNS(=O)(=O)c1cc(C(=O)O)sc1Br. The molecule has 100 valence electrons. The summed E-state index contributed by atoms with van der Waals surface area (Å²) in [5, 5.41) is 8.80. The first kappa shape index (κ1) is 15.4. The van der Waals surface area contributed by atoms with E-state index in [4.69, 9.17) is 5.11 Å². The second-order valence-electron chi connectivity index (χ2n) is 3.69. The minimum absolute atomic E-state index is 0.0236. The van der Waals surface area contributed by atoms with Gasteiger partial charge in [-0.3, -0.25) is 0 Å². The van der Waals surface area contributed by atoms with E-state index in [9.17, 15) is 13.2 Å². The number of thiophene rings is 1. The molecule has 0 spiro atoms. The summed E-state index contributed by atoms with van der Waals surface area (Å²) in [6.07, 6.45) is 1.73. The van der Waals surface area contributed by atoms with Crippen molar-refractivity contribution in [3.05, 3.63) is 26.4 Å². The van der Waals surface area contributed by atoms with Crippen molar-refractivity contribution in [2.75, 3.05) is 6.54 Å². The zero-order valence-electron chi connectivity index (χ0n) is 9.73. The van der Waals surface area contributed by atoms with E-state index in [0.717, 1.165) is 23.0 Å². The van der Waals surface area contributed by atoms with E-state index < -0.39 is 16.0 Å². The van der Waals surface area contributed by atoms with Crippen LogP contribution in [-0.4, -0.2) is 26.0 Å². The van der Waals surface area contributed by atoms with Crippen LogP contribution in [0.2, 0.25) is 0 Å². The lowest BCUT2D eigenvalue weighted by Crippen LogP contribution is -2.23. The Morgan fingerprint density at radius 1 is 1.56 bits per heavy atom. The summed E-state index contributed by atoms with van der Waals surface area (Å²) >= 11 is 3.93. The van der Waals surface area contributed by atoms with Gasteiger partial charge in [-0.2, -0.15) is 0 Å². The zero-order valence-corrected chi connectivity index (χ0v) is 12.9. The van der Waals surface area contributed by atoms with Crippen LogP contribution >= 0.6 is 27.3 Å². The summed E-state index contributed by atoms with van der Waals surface area (Å²) in [5.74, 6) is -1.15. The number of hydrogen-bond donors (Lipinski definition) is 2. The summed E-state index contributed by atoms with van der Waals surface area (Å²) in [4.78, 5) is 10.7. The van der Waals surface area contributed by atoms with Crippen LogP contribution in [-0.2, 0) is 10.0 Å². The van der Waals surface area contributed by atoms with E-state index in [1.165, 1.54) is 0 Å². The molecule has 0 aliphatic rings. The van der Waals surface area contributed by atoms with Crippen LogP contribution in [0.3, 0.4) is 0 Å². The Bertz CT molecular complexity index is 585. The highest BCUT2D eigenvalue weighted by molar-refractivity contribution is 9.11. The number of allylic oxidation sites excluding steroid dienone is 1. The maximum absolute atomic E-state index is 11.9. The molecule has 0 aliphatic carbocycles. The number of halogens is 1. The van der Waals surface area contributed by atoms with Crippen molar-refractivity contribution in [2.24, 2.45) is 0 Å². The number of carbonyl (C=O) groups is 1. The van der Waals surface area contributed by atoms with E-state index in [1.54, 1.807) is 6.08 Å². The average molecular weight is 354 g/mol. The molecule has 0 amide bonds. The van der Waals surface area contributed by atoms with Crippen molar-refractivity contribution < 1.29 is 18.3 Å². The molecule has 0 bridgehead atoms. The van der Waals surface area contributed by atoms with Crippen molar-refractivity contribution in [3.63, 3.8) is 0 Å². The first-order valence-electron chi connectivity index (χ1n) is 4.89. The molecule has 0 atom stereocenters. The standard InChI is InChI=1S/C10H12BrNO4S2/c1-6(2)3-4-12-18(15,16)8-5-7(10(13)14)17-9(8)11/h3,5,12H,4H2,1-2H3,(H,13,14). The third kappa shape index (κ3) is 3.91. The Hall–Kier alpha value is -0.700. The highest BCUT2D eigenvalue weighted by Gasteiger charge is 2.22. The van der Waals surface area contributed by atoms with E-state index in [-0.39, 0.29) is 20.1 Å². The van der Waals surface area contributed by atoms with Gasteiger partial charge in [-0.1, -0.05) is 11.6 Å². The van der Waals surface area contributed by atoms with Gasteiger partial charge in [0.2, 0.25) is 10.0 Å². The lowest BCUT2D eigenvalue weighted by atomic mass is 10.3. The highest BCUT2D eigenvalue weighted by Crippen LogP contribution is 2.31. The number of sulfonamides is 1. The van der Waals surface area contributed by atoms with Gasteiger partial charge >= 0.3 is 5.97 Å².